The highest BCUT2D eigenvalue weighted by Gasteiger charge is 2.23. The third-order valence-electron chi connectivity index (χ3n) is 4.17. The van der Waals surface area contributed by atoms with Crippen LogP contribution in [0.5, 0.6) is 0 Å². The number of nitrogens with zero attached hydrogens (tertiary/aromatic N) is 1. The molecule has 3 N–H and O–H groups in total. The highest BCUT2D eigenvalue weighted by atomic mass is 79.9. The second-order valence-corrected chi connectivity index (χ2v) is 7.99. The fourth-order valence-corrected chi connectivity index (χ4v) is 3.27. The predicted octanol–water partition coefficient (Wildman–Crippen LogP) is 4.37. The standard InChI is InChI=1S/C21H17Br2N3O4/c1-2-30-21(29)16-11-17(19(27)25-14-7-3-12(22)4-8-14)20(28)26(18(16)24)15-9-5-13(23)6-10-15/h3-11H,2,24H2,1H3,(H,25,27). The first kappa shape index (κ1) is 21.8. The number of nitrogens with two attached hydrogens (primary N) is 1. The Labute approximate surface area is 189 Å². The van der Waals surface area contributed by atoms with Gasteiger partial charge >= 0.3 is 5.97 Å². The minimum absolute atomic E-state index is 0.0691. The van der Waals surface area contributed by atoms with E-state index in [1.54, 1.807) is 55.5 Å². The lowest BCUT2D eigenvalue weighted by molar-refractivity contribution is 0.0527. The molecule has 0 bridgehead atoms. The molecule has 9 heteroatoms. The Balaban J connectivity index is 2.15. The first-order valence-electron chi connectivity index (χ1n) is 8.87. The van der Waals surface area contributed by atoms with Crippen molar-refractivity contribution in [2.24, 2.45) is 0 Å². The van der Waals surface area contributed by atoms with Crippen LogP contribution >= 0.6 is 31.9 Å². The van der Waals surface area contributed by atoms with Crippen molar-refractivity contribution in [1.82, 2.24) is 4.57 Å². The lowest BCUT2D eigenvalue weighted by atomic mass is 10.1. The summed E-state index contributed by atoms with van der Waals surface area (Å²) < 4.78 is 7.81. The van der Waals surface area contributed by atoms with Crippen molar-refractivity contribution in [3.8, 4) is 5.69 Å². The van der Waals surface area contributed by atoms with Crippen LogP contribution in [0.1, 0.15) is 27.6 Å². The van der Waals surface area contributed by atoms with Crippen molar-refractivity contribution >= 4 is 55.2 Å². The van der Waals surface area contributed by atoms with Gasteiger partial charge in [-0.1, -0.05) is 31.9 Å². The average molecular weight is 535 g/mol. The molecule has 0 aliphatic rings. The van der Waals surface area contributed by atoms with E-state index in [4.69, 9.17) is 10.5 Å². The van der Waals surface area contributed by atoms with Crippen molar-refractivity contribution in [2.45, 2.75) is 6.92 Å². The van der Waals surface area contributed by atoms with E-state index in [0.29, 0.717) is 11.4 Å². The highest BCUT2D eigenvalue weighted by molar-refractivity contribution is 9.10. The monoisotopic (exact) mass is 533 g/mol. The molecule has 7 nitrogen and oxygen atoms in total. The summed E-state index contributed by atoms with van der Waals surface area (Å²) in [5, 5.41) is 2.66. The Morgan fingerprint density at radius 3 is 2.13 bits per heavy atom. The van der Waals surface area contributed by atoms with Gasteiger partial charge in [0.05, 0.1) is 12.3 Å². The van der Waals surface area contributed by atoms with E-state index in [-0.39, 0.29) is 23.6 Å². The minimum Gasteiger partial charge on any atom is -0.462 e. The van der Waals surface area contributed by atoms with Crippen LogP contribution in [0.2, 0.25) is 0 Å². The van der Waals surface area contributed by atoms with Crippen molar-refractivity contribution in [3.05, 3.63) is 85.0 Å². The number of anilines is 2. The minimum atomic E-state index is -0.724. The number of nitrogen functional groups attached to an aromatic ring is 1. The van der Waals surface area contributed by atoms with Crippen LogP contribution in [0.4, 0.5) is 11.5 Å². The van der Waals surface area contributed by atoms with Gasteiger partial charge in [-0.05, 0) is 61.5 Å². The SMILES string of the molecule is CCOC(=O)c1cc(C(=O)Nc2ccc(Br)cc2)c(=O)n(-c2ccc(Br)cc2)c1N. The summed E-state index contributed by atoms with van der Waals surface area (Å²) in [6.45, 7) is 1.77. The summed E-state index contributed by atoms with van der Waals surface area (Å²) >= 11 is 6.65. The van der Waals surface area contributed by atoms with Crippen LogP contribution in [0.15, 0.2) is 68.3 Å². The van der Waals surface area contributed by atoms with Crippen LogP contribution in [-0.4, -0.2) is 23.1 Å². The maximum atomic E-state index is 13.1. The molecule has 3 rings (SSSR count). The van der Waals surface area contributed by atoms with Gasteiger partial charge in [0.1, 0.15) is 16.9 Å². The largest absolute Gasteiger partial charge is 0.462 e. The molecule has 0 radical (unpaired) electrons. The first-order chi connectivity index (χ1) is 14.3. The molecule has 0 aliphatic carbocycles. The maximum Gasteiger partial charge on any atom is 0.341 e. The van der Waals surface area contributed by atoms with Crippen molar-refractivity contribution in [2.75, 3.05) is 17.7 Å². The number of aromatic nitrogens is 1. The summed E-state index contributed by atoms with van der Waals surface area (Å²) in [5.41, 5.74) is 6.07. The second-order valence-electron chi connectivity index (χ2n) is 6.16. The van der Waals surface area contributed by atoms with Gasteiger partial charge in [0.15, 0.2) is 0 Å². The molecular weight excluding hydrogens is 518 g/mol. The Bertz CT molecular complexity index is 1160. The fraction of sp³-hybridized carbons (Fsp3) is 0.0952. The molecule has 1 amide bonds. The molecule has 1 heterocycles. The number of benzene rings is 2. The van der Waals surface area contributed by atoms with Crippen molar-refractivity contribution < 1.29 is 14.3 Å². The molecular formula is C21H17Br2N3O4. The average Bonchev–Trinajstić information content (AvgIpc) is 2.71. The number of hydrogen-bond acceptors (Lipinski definition) is 5. The molecule has 0 atom stereocenters. The number of carbonyl (C=O) groups excluding carboxylic acids is 2. The van der Waals surface area contributed by atoms with Gasteiger partial charge < -0.3 is 15.8 Å². The molecule has 2 aromatic carbocycles. The summed E-state index contributed by atoms with van der Waals surface area (Å²) in [6.07, 6.45) is 0. The van der Waals surface area contributed by atoms with E-state index in [2.05, 4.69) is 37.2 Å². The van der Waals surface area contributed by atoms with E-state index >= 15 is 0 Å². The number of rotatable bonds is 5. The zero-order valence-electron chi connectivity index (χ0n) is 15.8. The number of ether oxygens (including phenoxy) is 1. The van der Waals surface area contributed by atoms with Gasteiger partial charge in [0.25, 0.3) is 11.5 Å². The normalized spacial score (nSPS) is 10.5. The van der Waals surface area contributed by atoms with Crippen LogP contribution in [-0.2, 0) is 4.74 Å². The molecule has 1 aromatic heterocycles. The summed E-state index contributed by atoms with van der Waals surface area (Å²) in [4.78, 5) is 38.4. The van der Waals surface area contributed by atoms with Crippen molar-refractivity contribution in [3.63, 3.8) is 0 Å². The summed E-state index contributed by atoms with van der Waals surface area (Å²) in [6, 6.07) is 14.8. The Kier molecular flexibility index (Phi) is 6.73. The number of nitrogens with one attached hydrogen (secondary N) is 1. The van der Waals surface area contributed by atoms with E-state index in [9.17, 15) is 14.4 Å². The van der Waals surface area contributed by atoms with E-state index in [1.165, 1.54) is 6.07 Å². The first-order valence-corrected chi connectivity index (χ1v) is 10.5. The lowest BCUT2D eigenvalue weighted by Crippen LogP contribution is -2.32. The van der Waals surface area contributed by atoms with Crippen LogP contribution < -0.4 is 16.6 Å². The van der Waals surface area contributed by atoms with Gasteiger partial charge in [0.2, 0.25) is 0 Å². The van der Waals surface area contributed by atoms with Gasteiger partial charge in [-0.15, -0.1) is 0 Å². The topological polar surface area (TPSA) is 103 Å². The zero-order chi connectivity index (χ0) is 21.8. The Hall–Kier alpha value is -2.91. The van der Waals surface area contributed by atoms with Gasteiger partial charge in [0, 0.05) is 14.6 Å². The number of halogens is 2. The Morgan fingerprint density at radius 1 is 1.00 bits per heavy atom. The number of hydrogen-bond donors (Lipinski definition) is 2. The van der Waals surface area contributed by atoms with E-state index in [1.807, 2.05) is 0 Å². The molecule has 0 aliphatic heterocycles. The smallest absolute Gasteiger partial charge is 0.341 e. The van der Waals surface area contributed by atoms with Crippen molar-refractivity contribution in [1.29, 1.82) is 0 Å². The van der Waals surface area contributed by atoms with Crippen LogP contribution in [0.3, 0.4) is 0 Å². The fourth-order valence-electron chi connectivity index (χ4n) is 2.74. The third-order valence-corrected chi connectivity index (χ3v) is 5.22. The molecule has 154 valence electrons. The van der Waals surface area contributed by atoms with Gasteiger partial charge in [-0.2, -0.15) is 0 Å². The van der Waals surface area contributed by atoms with Crippen LogP contribution in [0, 0.1) is 0 Å². The number of carbonyl (C=O) groups is 2. The molecule has 0 unspecified atom stereocenters. The van der Waals surface area contributed by atoms with Gasteiger partial charge in [-0.25, -0.2) is 4.79 Å². The summed E-state index contributed by atoms with van der Waals surface area (Å²) in [5.74, 6) is -1.50. The highest BCUT2D eigenvalue weighted by Crippen LogP contribution is 2.21. The number of amides is 1. The maximum absolute atomic E-state index is 13.1. The summed E-state index contributed by atoms with van der Waals surface area (Å²) in [7, 11) is 0. The molecule has 3 aromatic rings. The van der Waals surface area contributed by atoms with Crippen LogP contribution in [0.25, 0.3) is 5.69 Å². The molecule has 0 saturated heterocycles. The lowest BCUT2D eigenvalue weighted by Gasteiger charge is -2.15. The van der Waals surface area contributed by atoms with E-state index in [0.717, 1.165) is 13.5 Å². The molecule has 0 spiro atoms. The predicted molar refractivity (Wildman–Crippen MR) is 122 cm³/mol. The molecule has 30 heavy (non-hydrogen) atoms. The number of esters is 1. The number of pyridine rings is 1. The zero-order valence-corrected chi connectivity index (χ0v) is 19.0. The second kappa shape index (κ2) is 9.27. The Morgan fingerprint density at radius 2 is 1.57 bits per heavy atom. The van der Waals surface area contributed by atoms with Gasteiger partial charge in [-0.3, -0.25) is 14.2 Å². The quantitative estimate of drug-likeness (QED) is 0.473. The van der Waals surface area contributed by atoms with E-state index < -0.39 is 17.4 Å². The molecule has 0 fully saturated rings. The third kappa shape index (κ3) is 4.63. The molecule has 0 saturated carbocycles.